The maximum absolute atomic E-state index is 12.2. The van der Waals surface area contributed by atoms with Gasteiger partial charge >= 0.3 is 5.38 Å². The van der Waals surface area contributed by atoms with Gasteiger partial charge in [0.05, 0.1) is 0 Å². The molecule has 0 saturated heterocycles. The van der Waals surface area contributed by atoms with Gasteiger partial charge in [-0.1, -0.05) is 36.5 Å². The van der Waals surface area contributed by atoms with Crippen LogP contribution in [0.5, 0.6) is 0 Å². The van der Waals surface area contributed by atoms with Crippen molar-refractivity contribution < 1.29 is 8.78 Å². The second kappa shape index (κ2) is 3.42. The predicted molar refractivity (Wildman–Crippen MR) is 40.1 cm³/mol. The van der Waals surface area contributed by atoms with Crippen LogP contribution in [0.25, 0.3) is 0 Å². The maximum atomic E-state index is 12.2. The van der Waals surface area contributed by atoms with E-state index >= 15 is 0 Å². The molecule has 0 aromatic heterocycles. The van der Waals surface area contributed by atoms with Crippen molar-refractivity contribution in [3.8, 4) is 0 Å². The van der Waals surface area contributed by atoms with Crippen LogP contribution in [0.3, 0.4) is 0 Å². The molecule has 0 heterocycles. The number of hydrogen-bond acceptors (Lipinski definition) is 0. The minimum absolute atomic E-state index is 0.0212. The van der Waals surface area contributed by atoms with Gasteiger partial charge in [0.25, 0.3) is 0 Å². The predicted octanol–water partition coefficient (Wildman–Crippen LogP) is 3.79. The summed E-state index contributed by atoms with van der Waals surface area (Å²) in [4.78, 5) is 0. The molecule has 62 valence electrons. The lowest BCUT2D eigenvalue weighted by Crippen LogP contribution is -2.32. The Balaban J connectivity index is 4.10. The van der Waals surface area contributed by atoms with Crippen LogP contribution in [-0.4, -0.2) is 9.72 Å². The van der Waals surface area contributed by atoms with Crippen LogP contribution < -0.4 is 0 Å². The molecule has 10 heavy (non-hydrogen) atoms. The van der Waals surface area contributed by atoms with Crippen molar-refractivity contribution in [2.24, 2.45) is 0 Å². The molecule has 5 heteroatoms. The van der Waals surface area contributed by atoms with Gasteiger partial charge in [0.2, 0.25) is 0 Å². The normalized spacial score (nSPS) is 13.8. The molecule has 0 amide bonds. The molecule has 0 fully saturated rings. The van der Waals surface area contributed by atoms with Gasteiger partial charge in [0.1, 0.15) is 0 Å². The van der Waals surface area contributed by atoms with Crippen LogP contribution in [0, 0.1) is 0 Å². The SMILES string of the molecule is CCCC(Cl)(Cl)C(F)(F)Cl. The molecule has 0 rings (SSSR count). The molecule has 0 nitrogen and oxygen atoms in total. The average Bonchev–Trinajstić information content (AvgIpc) is 1.61. The van der Waals surface area contributed by atoms with Crippen LogP contribution in [0.4, 0.5) is 8.78 Å². The van der Waals surface area contributed by atoms with Crippen LogP contribution >= 0.6 is 34.8 Å². The van der Waals surface area contributed by atoms with E-state index in [0.717, 1.165) is 0 Å². The topological polar surface area (TPSA) is 0 Å². The molecule has 0 bridgehead atoms. The molecule has 0 N–H and O–H groups in total. The van der Waals surface area contributed by atoms with Crippen molar-refractivity contribution in [3.63, 3.8) is 0 Å². The number of rotatable bonds is 3. The Labute approximate surface area is 73.4 Å². The molecule has 0 spiro atoms. The van der Waals surface area contributed by atoms with E-state index in [-0.39, 0.29) is 6.42 Å². The van der Waals surface area contributed by atoms with Gasteiger partial charge in [-0.25, -0.2) is 0 Å². The molecule has 0 aromatic carbocycles. The summed E-state index contributed by atoms with van der Waals surface area (Å²) < 4.78 is 22.2. The fourth-order valence-corrected chi connectivity index (χ4v) is 0.928. The summed E-state index contributed by atoms with van der Waals surface area (Å²) in [5.74, 6) is 0. The summed E-state index contributed by atoms with van der Waals surface area (Å²) in [6.07, 6.45) is 0.446. The van der Waals surface area contributed by atoms with Crippen molar-refractivity contribution in [2.45, 2.75) is 29.5 Å². The first-order valence-electron chi connectivity index (χ1n) is 2.76. The van der Waals surface area contributed by atoms with E-state index in [2.05, 4.69) is 11.6 Å². The average molecular weight is 211 g/mol. The Bertz CT molecular complexity index is 108. The number of hydrogen-bond donors (Lipinski definition) is 0. The highest BCUT2D eigenvalue weighted by Crippen LogP contribution is 2.44. The molecule has 0 aromatic rings. The van der Waals surface area contributed by atoms with E-state index in [4.69, 9.17) is 23.2 Å². The van der Waals surface area contributed by atoms with Gasteiger partial charge in [-0.3, -0.25) is 0 Å². The molecule has 0 radical (unpaired) electrons. The van der Waals surface area contributed by atoms with Gasteiger partial charge in [0, 0.05) is 0 Å². The van der Waals surface area contributed by atoms with Crippen LogP contribution in [0.1, 0.15) is 19.8 Å². The van der Waals surface area contributed by atoms with E-state index in [1.807, 2.05) is 0 Å². The first-order chi connectivity index (χ1) is 4.31. The van der Waals surface area contributed by atoms with Gasteiger partial charge < -0.3 is 0 Å². The fourth-order valence-electron chi connectivity index (χ4n) is 0.456. The Morgan fingerprint density at radius 2 is 1.60 bits per heavy atom. The first kappa shape index (κ1) is 10.7. The standard InChI is InChI=1S/C5H7Cl3F2/c1-2-3-4(6,7)5(8,9)10/h2-3H2,1H3. The van der Waals surface area contributed by atoms with Gasteiger partial charge in [0.15, 0.2) is 4.33 Å². The largest absolute Gasteiger partial charge is 0.354 e. The highest BCUT2D eigenvalue weighted by atomic mass is 35.5. The highest BCUT2D eigenvalue weighted by molar-refractivity contribution is 6.52. The molecule has 0 unspecified atom stereocenters. The zero-order chi connectivity index (χ0) is 8.41. The molecule has 0 atom stereocenters. The van der Waals surface area contributed by atoms with Crippen molar-refractivity contribution >= 4 is 34.8 Å². The zero-order valence-electron chi connectivity index (χ0n) is 5.30. The summed E-state index contributed by atoms with van der Waals surface area (Å²) in [5.41, 5.74) is 0. The molecule has 0 aliphatic carbocycles. The van der Waals surface area contributed by atoms with Gasteiger partial charge in [-0.05, 0) is 18.0 Å². The van der Waals surface area contributed by atoms with E-state index in [0.29, 0.717) is 6.42 Å². The Kier molecular flexibility index (Phi) is 3.67. The zero-order valence-corrected chi connectivity index (χ0v) is 7.57. The van der Waals surface area contributed by atoms with Crippen LogP contribution in [0.2, 0.25) is 0 Å². The third kappa shape index (κ3) is 2.77. The van der Waals surface area contributed by atoms with E-state index in [1.165, 1.54) is 0 Å². The van der Waals surface area contributed by atoms with E-state index in [9.17, 15) is 8.78 Å². The molecular formula is C5H7Cl3F2. The van der Waals surface area contributed by atoms with Crippen molar-refractivity contribution in [3.05, 3.63) is 0 Å². The molecule has 0 aliphatic rings. The van der Waals surface area contributed by atoms with Gasteiger partial charge in [-0.15, -0.1) is 0 Å². The van der Waals surface area contributed by atoms with Crippen LogP contribution in [0.15, 0.2) is 0 Å². The van der Waals surface area contributed by atoms with Crippen LogP contribution in [-0.2, 0) is 0 Å². The Hall–Kier alpha value is 0.730. The molecule has 0 aliphatic heterocycles. The summed E-state index contributed by atoms with van der Waals surface area (Å²) in [6, 6.07) is 0. The summed E-state index contributed by atoms with van der Waals surface area (Å²) >= 11 is 15.0. The second-order valence-electron chi connectivity index (χ2n) is 1.95. The molecule has 0 saturated carbocycles. The monoisotopic (exact) mass is 210 g/mol. The third-order valence-corrected chi connectivity index (χ3v) is 2.35. The minimum atomic E-state index is -3.55. The summed E-state index contributed by atoms with van der Waals surface area (Å²) in [5, 5.41) is -3.55. The summed E-state index contributed by atoms with van der Waals surface area (Å²) in [6.45, 7) is 1.70. The summed E-state index contributed by atoms with van der Waals surface area (Å²) in [7, 11) is 0. The Morgan fingerprint density at radius 1 is 1.20 bits per heavy atom. The fraction of sp³-hybridized carbons (Fsp3) is 1.00. The van der Waals surface area contributed by atoms with Gasteiger partial charge in [-0.2, -0.15) is 8.78 Å². The lowest BCUT2D eigenvalue weighted by Gasteiger charge is -2.23. The van der Waals surface area contributed by atoms with E-state index in [1.54, 1.807) is 6.92 Å². The first-order valence-corrected chi connectivity index (χ1v) is 3.89. The highest BCUT2D eigenvalue weighted by Gasteiger charge is 2.49. The number of alkyl halides is 5. The smallest absolute Gasteiger partial charge is 0.185 e. The quantitative estimate of drug-likeness (QED) is 0.623. The van der Waals surface area contributed by atoms with Crippen molar-refractivity contribution in [1.29, 1.82) is 0 Å². The lowest BCUT2D eigenvalue weighted by atomic mass is 10.2. The minimum Gasteiger partial charge on any atom is -0.185 e. The third-order valence-electron chi connectivity index (χ3n) is 0.979. The lowest BCUT2D eigenvalue weighted by molar-refractivity contribution is 0.0729. The van der Waals surface area contributed by atoms with Crippen molar-refractivity contribution in [1.82, 2.24) is 0 Å². The van der Waals surface area contributed by atoms with E-state index < -0.39 is 9.72 Å². The van der Waals surface area contributed by atoms with Crippen molar-refractivity contribution in [2.75, 3.05) is 0 Å². The second-order valence-corrected chi connectivity index (χ2v) is 3.91. The number of halogens is 5. The maximum Gasteiger partial charge on any atom is 0.354 e. The Morgan fingerprint density at radius 3 is 1.70 bits per heavy atom. The molecular weight excluding hydrogens is 204 g/mol.